The van der Waals surface area contributed by atoms with Gasteiger partial charge in [-0.05, 0) is 24.6 Å². The maximum Gasteiger partial charge on any atom is 0.289 e. The number of aromatic nitrogens is 4. The molecule has 0 spiro atoms. The number of hydrogen-bond donors (Lipinski definition) is 3. The number of aryl methyl sites for hydroxylation is 1. The van der Waals surface area contributed by atoms with E-state index in [1.54, 1.807) is 12.1 Å². The minimum Gasteiger partial charge on any atom is -0.272 e. The van der Waals surface area contributed by atoms with Crippen molar-refractivity contribution < 1.29 is 9.48 Å². The second-order valence-corrected chi connectivity index (χ2v) is 7.02. The lowest BCUT2D eigenvalue weighted by Crippen LogP contribution is -2.35. The monoisotopic (exact) mass is 411 g/mol. The molecule has 0 atom stereocenters. The van der Waals surface area contributed by atoms with Crippen LogP contribution in [-0.2, 0) is 0 Å². The first-order valence-corrected chi connectivity index (χ1v) is 9.91. The minimum atomic E-state index is -0.357. The standard InChI is InChI=1S/C24H22N6O/c1-17-23(18(2)30(29-17)20-13-7-4-8-14-20)21-16-22(27-26-21)24(31)28-25-15-9-12-19-10-5-3-6-11-19/h3-16H,1-2H3,(H2,26,27,28,31)/p+1. The summed E-state index contributed by atoms with van der Waals surface area (Å²) in [5, 5.41) is 14.4. The van der Waals surface area contributed by atoms with Gasteiger partial charge in [0.1, 0.15) is 11.4 Å². The summed E-state index contributed by atoms with van der Waals surface area (Å²) in [7, 11) is 0. The largest absolute Gasteiger partial charge is 0.289 e. The Labute approximate surface area is 180 Å². The highest BCUT2D eigenvalue weighted by molar-refractivity contribution is 5.94. The van der Waals surface area contributed by atoms with Crippen molar-refractivity contribution in [2.45, 2.75) is 13.8 Å². The Kier molecular flexibility index (Phi) is 5.84. The molecule has 4 rings (SSSR count). The predicted octanol–water partition coefficient (Wildman–Crippen LogP) is 3.73. The summed E-state index contributed by atoms with van der Waals surface area (Å²) in [6, 6.07) is 21.6. The van der Waals surface area contributed by atoms with Gasteiger partial charge in [0.15, 0.2) is 0 Å². The lowest BCUT2D eigenvalue weighted by molar-refractivity contribution is -0.661. The van der Waals surface area contributed by atoms with Crippen molar-refractivity contribution in [1.82, 2.24) is 20.7 Å². The zero-order chi connectivity index (χ0) is 21.6. The number of carbonyl (C=O) groups is 1. The molecule has 0 saturated heterocycles. The van der Waals surface area contributed by atoms with Gasteiger partial charge in [-0.25, -0.2) is 5.43 Å². The molecular weight excluding hydrogens is 388 g/mol. The Morgan fingerprint density at radius 2 is 1.77 bits per heavy atom. The van der Waals surface area contributed by atoms with Crippen molar-refractivity contribution >= 4 is 18.2 Å². The molecule has 154 valence electrons. The molecule has 31 heavy (non-hydrogen) atoms. The summed E-state index contributed by atoms with van der Waals surface area (Å²) < 4.78 is 2.00. The SMILES string of the molecule is Cc1[nH][n+](-c2ccccc2)c(C)c1-c1cc(C(=O)NN=CC=Cc2ccccc2)[nH]n1. The third-order valence-electron chi connectivity index (χ3n) is 4.86. The Hall–Kier alpha value is -4.26. The van der Waals surface area contributed by atoms with Crippen LogP contribution in [0.1, 0.15) is 27.4 Å². The van der Waals surface area contributed by atoms with E-state index in [0.717, 1.165) is 28.2 Å². The van der Waals surface area contributed by atoms with Gasteiger partial charge in [-0.2, -0.15) is 15.3 Å². The normalized spacial score (nSPS) is 11.4. The molecule has 0 fully saturated rings. The first kappa shape index (κ1) is 20.0. The number of hydrazone groups is 1. The quantitative estimate of drug-likeness (QED) is 0.256. The molecule has 0 saturated carbocycles. The van der Waals surface area contributed by atoms with Crippen molar-refractivity contribution in [2.75, 3.05) is 0 Å². The molecule has 1 amide bonds. The molecule has 7 nitrogen and oxygen atoms in total. The van der Waals surface area contributed by atoms with Crippen molar-refractivity contribution in [3.05, 3.63) is 95.5 Å². The molecule has 2 aromatic carbocycles. The van der Waals surface area contributed by atoms with E-state index >= 15 is 0 Å². The molecule has 2 heterocycles. The summed E-state index contributed by atoms with van der Waals surface area (Å²) in [6.07, 6.45) is 5.21. The van der Waals surface area contributed by atoms with Crippen LogP contribution in [-0.4, -0.2) is 27.4 Å². The van der Waals surface area contributed by atoms with E-state index in [-0.39, 0.29) is 5.91 Å². The van der Waals surface area contributed by atoms with Gasteiger partial charge >= 0.3 is 0 Å². The van der Waals surface area contributed by atoms with Crippen LogP contribution in [0.2, 0.25) is 0 Å². The number of amides is 1. The fraction of sp³-hybridized carbons (Fsp3) is 0.0833. The summed E-state index contributed by atoms with van der Waals surface area (Å²) >= 11 is 0. The van der Waals surface area contributed by atoms with E-state index in [0.29, 0.717) is 11.4 Å². The van der Waals surface area contributed by atoms with E-state index in [2.05, 4.69) is 25.8 Å². The van der Waals surface area contributed by atoms with Crippen molar-refractivity contribution in [3.8, 4) is 16.9 Å². The summed E-state index contributed by atoms with van der Waals surface area (Å²) in [6.45, 7) is 4.00. The number of nitrogens with one attached hydrogen (secondary N) is 3. The van der Waals surface area contributed by atoms with Crippen LogP contribution in [0, 0.1) is 13.8 Å². The third-order valence-corrected chi connectivity index (χ3v) is 4.86. The van der Waals surface area contributed by atoms with Gasteiger partial charge in [-0.1, -0.05) is 59.3 Å². The van der Waals surface area contributed by atoms with Gasteiger partial charge in [0.05, 0.1) is 11.3 Å². The second-order valence-electron chi connectivity index (χ2n) is 7.02. The molecule has 3 N–H and O–H groups in total. The highest BCUT2D eigenvalue weighted by atomic mass is 16.2. The summed E-state index contributed by atoms with van der Waals surface area (Å²) in [5.41, 5.74) is 8.54. The molecule has 0 unspecified atom stereocenters. The molecule has 0 aliphatic carbocycles. The van der Waals surface area contributed by atoms with Gasteiger partial charge < -0.3 is 0 Å². The van der Waals surface area contributed by atoms with E-state index < -0.39 is 0 Å². The Morgan fingerprint density at radius 1 is 1.06 bits per heavy atom. The first-order chi connectivity index (χ1) is 15.1. The fourth-order valence-corrected chi connectivity index (χ4v) is 3.39. The average Bonchev–Trinajstić information content (AvgIpc) is 3.39. The van der Waals surface area contributed by atoms with Crippen molar-refractivity contribution in [2.24, 2.45) is 5.10 Å². The maximum absolute atomic E-state index is 12.4. The number of para-hydroxylation sites is 1. The number of rotatable bonds is 6. The Bertz CT molecular complexity index is 1240. The predicted molar refractivity (Wildman–Crippen MR) is 121 cm³/mol. The molecule has 7 heteroatoms. The van der Waals surface area contributed by atoms with Gasteiger partial charge in [-0.3, -0.25) is 9.89 Å². The van der Waals surface area contributed by atoms with Crippen molar-refractivity contribution in [1.29, 1.82) is 0 Å². The molecule has 0 aliphatic rings. The number of aromatic amines is 2. The smallest absolute Gasteiger partial charge is 0.272 e. The Balaban J connectivity index is 1.46. The third kappa shape index (κ3) is 4.51. The number of benzene rings is 2. The van der Waals surface area contributed by atoms with Gasteiger partial charge in [0.2, 0.25) is 11.4 Å². The fourth-order valence-electron chi connectivity index (χ4n) is 3.39. The highest BCUT2D eigenvalue weighted by Gasteiger charge is 2.24. The highest BCUT2D eigenvalue weighted by Crippen LogP contribution is 2.24. The van der Waals surface area contributed by atoms with Crippen molar-refractivity contribution in [3.63, 3.8) is 0 Å². The van der Waals surface area contributed by atoms with E-state index in [4.69, 9.17) is 0 Å². The van der Waals surface area contributed by atoms with Crippen LogP contribution in [0.25, 0.3) is 23.0 Å². The van der Waals surface area contributed by atoms with Crippen LogP contribution in [0.15, 0.2) is 77.9 Å². The number of H-pyrrole nitrogens is 2. The van der Waals surface area contributed by atoms with Crippen LogP contribution in [0.4, 0.5) is 0 Å². The van der Waals surface area contributed by atoms with Crippen LogP contribution in [0.3, 0.4) is 0 Å². The summed E-state index contributed by atoms with van der Waals surface area (Å²) in [4.78, 5) is 12.4. The van der Waals surface area contributed by atoms with E-state index in [1.165, 1.54) is 6.21 Å². The van der Waals surface area contributed by atoms with Crippen LogP contribution >= 0.6 is 0 Å². The lowest BCUT2D eigenvalue weighted by atomic mass is 10.1. The molecule has 2 aromatic heterocycles. The lowest BCUT2D eigenvalue weighted by Gasteiger charge is -1.94. The maximum atomic E-state index is 12.4. The molecule has 4 aromatic rings. The molecular formula is C24H23N6O+. The zero-order valence-electron chi connectivity index (χ0n) is 17.3. The average molecular weight is 411 g/mol. The molecule has 0 radical (unpaired) electrons. The number of nitrogens with zero attached hydrogens (tertiary/aromatic N) is 3. The number of allylic oxidation sites excluding steroid dienone is 1. The second kappa shape index (κ2) is 9.04. The van der Waals surface area contributed by atoms with Gasteiger partial charge in [-0.15, -0.1) is 0 Å². The number of carbonyl (C=O) groups excluding carboxylic acids is 1. The topological polar surface area (TPSA) is 89.8 Å². The Morgan fingerprint density at radius 3 is 2.52 bits per heavy atom. The first-order valence-electron chi connectivity index (χ1n) is 9.91. The van der Waals surface area contributed by atoms with Crippen LogP contribution < -0.4 is 10.1 Å². The van der Waals surface area contributed by atoms with E-state index in [1.807, 2.05) is 85.3 Å². The number of hydrogen-bond acceptors (Lipinski definition) is 3. The zero-order valence-corrected chi connectivity index (χ0v) is 17.3. The van der Waals surface area contributed by atoms with E-state index in [9.17, 15) is 4.79 Å². The molecule has 0 bridgehead atoms. The van der Waals surface area contributed by atoms with Crippen LogP contribution in [0.5, 0.6) is 0 Å². The molecule has 0 aliphatic heterocycles. The van der Waals surface area contributed by atoms with Gasteiger partial charge in [0.25, 0.3) is 5.91 Å². The minimum absolute atomic E-state index is 0.338. The summed E-state index contributed by atoms with van der Waals surface area (Å²) in [5.74, 6) is -0.357. The van der Waals surface area contributed by atoms with Gasteiger partial charge in [0, 0.05) is 25.3 Å².